The summed E-state index contributed by atoms with van der Waals surface area (Å²) in [5.74, 6) is 0. The summed E-state index contributed by atoms with van der Waals surface area (Å²) < 4.78 is 4.72. The van der Waals surface area contributed by atoms with Gasteiger partial charge in [-0.2, -0.15) is 0 Å². The smallest absolute Gasteiger partial charge is 0.0628 e. The Labute approximate surface area is 359 Å². The molecule has 9 aromatic carbocycles. The van der Waals surface area contributed by atoms with Crippen LogP contribution in [-0.4, -0.2) is 9.13 Å². The predicted octanol–water partition coefficient (Wildman–Crippen LogP) is 16.0. The van der Waals surface area contributed by atoms with Crippen LogP contribution in [0.5, 0.6) is 0 Å². The number of hydrogen-bond acceptors (Lipinski definition) is 0. The van der Waals surface area contributed by atoms with Crippen molar-refractivity contribution in [3.63, 3.8) is 0 Å². The lowest BCUT2D eigenvalue weighted by molar-refractivity contribution is 1.13. The molecule has 0 amide bonds. The Bertz CT molecular complexity index is 3060. The molecule has 2 nitrogen and oxygen atoms in total. The Balaban J connectivity index is 0.000000149. The molecule has 0 atom stereocenters. The number of benzene rings is 9. The quantitative estimate of drug-likeness (QED) is 0.164. The van der Waals surface area contributed by atoms with Crippen LogP contribution in [0.4, 0.5) is 0 Å². The van der Waals surface area contributed by atoms with Crippen LogP contribution < -0.4 is 0 Å². The molecule has 2 heteroatoms. The number of aryl methyl sites for hydroxylation is 3. The second kappa shape index (κ2) is 17.7. The van der Waals surface area contributed by atoms with E-state index in [4.69, 9.17) is 0 Å². The zero-order valence-corrected chi connectivity index (χ0v) is 34.9. The Morgan fingerprint density at radius 3 is 1.18 bits per heavy atom. The summed E-state index contributed by atoms with van der Waals surface area (Å²) in [6.07, 6.45) is 2.19. The van der Waals surface area contributed by atoms with Crippen molar-refractivity contribution in [2.75, 3.05) is 0 Å². The second-order valence-corrected chi connectivity index (χ2v) is 15.6. The van der Waals surface area contributed by atoms with Crippen LogP contribution in [0.1, 0.15) is 16.7 Å². The van der Waals surface area contributed by atoms with Gasteiger partial charge in [0.05, 0.1) is 16.6 Å². The topological polar surface area (TPSA) is 9.86 Å². The summed E-state index contributed by atoms with van der Waals surface area (Å²) in [6, 6.07) is 81.7. The average Bonchev–Trinajstić information content (AvgIpc) is 3.91. The van der Waals surface area contributed by atoms with Gasteiger partial charge in [0.2, 0.25) is 0 Å². The summed E-state index contributed by atoms with van der Waals surface area (Å²) in [5.41, 5.74) is 17.5. The molecule has 0 saturated carbocycles. The zero-order valence-electron chi connectivity index (χ0n) is 34.9. The maximum absolute atomic E-state index is 2.39. The van der Waals surface area contributed by atoms with Crippen molar-refractivity contribution in [2.24, 2.45) is 0 Å². The molecular weight excluding hydrogens is 737 g/mol. The Morgan fingerprint density at radius 2 is 0.689 bits per heavy atom. The molecule has 11 aromatic rings. The van der Waals surface area contributed by atoms with E-state index in [0.717, 1.165) is 0 Å². The lowest BCUT2D eigenvalue weighted by Gasteiger charge is -2.10. The Morgan fingerprint density at radius 1 is 0.295 bits per heavy atom. The maximum Gasteiger partial charge on any atom is 0.0628 e. The molecule has 2 aromatic heterocycles. The van der Waals surface area contributed by atoms with Crippen LogP contribution in [0.15, 0.2) is 237 Å². The van der Waals surface area contributed by atoms with E-state index in [1.54, 1.807) is 0 Å². The molecule has 0 unspecified atom stereocenters. The molecule has 0 aliphatic rings. The van der Waals surface area contributed by atoms with Gasteiger partial charge in [-0.05, 0) is 96.6 Å². The molecule has 294 valence electrons. The van der Waals surface area contributed by atoms with Gasteiger partial charge in [-0.1, -0.05) is 205 Å². The highest BCUT2D eigenvalue weighted by Crippen LogP contribution is 2.38. The molecule has 0 aliphatic carbocycles. The van der Waals surface area contributed by atoms with Crippen molar-refractivity contribution < 1.29 is 0 Å². The highest BCUT2D eigenvalue weighted by atomic mass is 15.0. The van der Waals surface area contributed by atoms with E-state index in [0.29, 0.717) is 0 Å². The lowest BCUT2D eigenvalue weighted by atomic mass is 10.0. The maximum atomic E-state index is 2.39. The normalized spacial score (nSPS) is 10.9. The predicted molar refractivity (Wildman–Crippen MR) is 261 cm³/mol. The minimum Gasteiger partial charge on any atom is -0.316 e. The molecule has 2 heterocycles. The first-order chi connectivity index (χ1) is 30.0. The fourth-order valence-electron chi connectivity index (χ4n) is 8.07. The van der Waals surface area contributed by atoms with E-state index < -0.39 is 0 Å². The Hall–Kier alpha value is -7.68. The van der Waals surface area contributed by atoms with Gasteiger partial charge in [0, 0.05) is 33.7 Å². The summed E-state index contributed by atoms with van der Waals surface area (Å²) in [5, 5.41) is 3.81. The van der Waals surface area contributed by atoms with E-state index in [2.05, 4.69) is 254 Å². The third-order valence-corrected chi connectivity index (χ3v) is 11.3. The highest BCUT2D eigenvalue weighted by molar-refractivity contribution is 6.20. The zero-order chi connectivity index (χ0) is 41.5. The minimum atomic E-state index is 1.17. The molecule has 0 fully saturated rings. The first kappa shape index (κ1) is 38.8. The van der Waals surface area contributed by atoms with Gasteiger partial charge >= 0.3 is 0 Å². The van der Waals surface area contributed by atoms with Crippen LogP contribution in [0.3, 0.4) is 0 Å². The van der Waals surface area contributed by atoms with Crippen molar-refractivity contribution in [1.29, 1.82) is 0 Å². The van der Waals surface area contributed by atoms with Gasteiger partial charge in [0.15, 0.2) is 0 Å². The number of para-hydroxylation sites is 1. The van der Waals surface area contributed by atoms with Gasteiger partial charge in [-0.3, -0.25) is 0 Å². The SMILES string of the molecule is Cc1ccc(-c2ccccc2)cc1.Cc1ccc(-c2ccccc2)cc1.Cc1ccc(-n2c3ccccc3c3c4c(ccc32)ccn4-c2ccc(-c3ccccc3)cc2)cc1. The third-order valence-electron chi connectivity index (χ3n) is 11.3. The first-order valence-corrected chi connectivity index (χ1v) is 21.0. The summed E-state index contributed by atoms with van der Waals surface area (Å²) in [4.78, 5) is 0. The number of fused-ring (bicyclic) bond motifs is 5. The molecular formula is C59H48N2. The van der Waals surface area contributed by atoms with Gasteiger partial charge < -0.3 is 9.13 Å². The minimum absolute atomic E-state index is 1.17. The van der Waals surface area contributed by atoms with E-state index in [1.165, 1.54) is 94.2 Å². The first-order valence-electron chi connectivity index (χ1n) is 21.0. The van der Waals surface area contributed by atoms with E-state index in [-0.39, 0.29) is 0 Å². The number of nitrogens with zero attached hydrogens (tertiary/aromatic N) is 2. The van der Waals surface area contributed by atoms with Crippen molar-refractivity contribution in [3.05, 3.63) is 253 Å². The molecule has 0 bridgehead atoms. The highest BCUT2D eigenvalue weighted by Gasteiger charge is 2.17. The van der Waals surface area contributed by atoms with Crippen LogP contribution in [-0.2, 0) is 0 Å². The molecule has 61 heavy (non-hydrogen) atoms. The number of aromatic nitrogens is 2. The molecule has 0 aliphatic heterocycles. The van der Waals surface area contributed by atoms with Crippen molar-refractivity contribution in [1.82, 2.24) is 9.13 Å². The van der Waals surface area contributed by atoms with Crippen LogP contribution in [0, 0.1) is 20.8 Å². The van der Waals surface area contributed by atoms with Gasteiger partial charge in [-0.25, -0.2) is 0 Å². The second-order valence-electron chi connectivity index (χ2n) is 15.6. The largest absolute Gasteiger partial charge is 0.316 e. The van der Waals surface area contributed by atoms with Crippen molar-refractivity contribution in [2.45, 2.75) is 20.8 Å². The molecule has 0 saturated heterocycles. The van der Waals surface area contributed by atoms with E-state index in [1.807, 2.05) is 12.1 Å². The summed E-state index contributed by atoms with van der Waals surface area (Å²) in [7, 11) is 0. The van der Waals surface area contributed by atoms with E-state index >= 15 is 0 Å². The van der Waals surface area contributed by atoms with Crippen LogP contribution in [0.25, 0.3) is 77.5 Å². The standard InChI is InChI=1S/C33H24N2.2C13H12/c1-23-11-16-28(17-12-23)35-30-10-6-5-9-29(30)32-31(35)20-15-26-21-22-34(33(26)32)27-18-13-25(14-19-27)24-7-3-2-4-8-24;2*1-11-7-9-13(10-8-11)12-5-3-2-4-6-12/h2-22H,1H3;2*2-10H,1H3. The fourth-order valence-corrected chi connectivity index (χ4v) is 8.07. The molecule has 11 rings (SSSR count). The van der Waals surface area contributed by atoms with Crippen molar-refractivity contribution in [3.8, 4) is 44.8 Å². The number of hydrogen-bond donors (Lipinski definition) is 0. The van der Waals surface area contributed by atoms with Gasteiger partial charge in [-0.15, -0.1) is 0 Å². The average molecular weight is 785 g/mol. The molecule has 0 radical (unpaired) electrons. The van der Waals surface area contributed by atoms with Gasteiger partial charge in [0.1, 0.15) is 0 Å². The number of rotatable bonds is 5. The van der Waals surface area contributed by atoms with Gasteiger partial charge in [0.25, 0.3) is 0 Å². The lowest BCUT2D eigenvalue weighted by Crippen LogP contribution is -1.94. The molecule has 0 N–H and O–H groups in total. The van der Waals surface area contributed by atoms with E-state index in [9.17, 15) is 0 Å². The summed E-state index contributed by atoms with van der Waals surface area (Å²) in [6.45, 7) is 6.35. The summed E-state index contributed by atoms with van der Waals surface area (Å²) >= 11 is 0. The van der Waals surface area contributed by atoms with Crippen molar-refractivity contribution >= 4 is 32.7 Å². The van der Waals surface area contributed by atoms with Crippen LogP contribution >= 0.6 is 0 Å². The fraction of sp³-hybridized carbons (Fsp3) is 0.0508. The third kappa shape index (κ3) is 8.44. The van der Waals surface area contributed by atoms with Crippen LogP contribution in [0.2, 0.25) is 0 Å². The monoisotopic (exact) mass is 784 g/mol. The Kier molecular flexibility index (Phi) is 11.2. The molecule has 0 spiro atoms.